The van der Waals surface area contributed by atoms with Crippen LogP contribution < -0.4 is 0 Å². The van der Waals surface area contributed by atoms with E-state index in [1.54, 1.807) is 12.1 Å². The van der Waals surface area contributed by atoms with Crippen LogP contribution in [0.4, 0.5) is 0 Å². The Hall–Kier alpha value is -2.49. The molecule has 3 aromatic rings. The van der Waals surface area contributed by atoms with Crippen molar-refractivity contribution in [3.05, 3.63) is 59.9 Å². The molecule has 0 saturated carbocycles. The zero-order valence-corrected chi connectivity index (χ0v) is 9.75. The van der Waals surface area contributed by atoms with Gasteiger partial charge in [0.2, 0.25) is 5.78 Å². The molecule has 0 aliphatic rings. The summed E-state index contributed by atoms with van der Waals surface area (Å²) in [6.07, 6.45) is 2.88. The zero-order valence-electron chi connectivity index (χ0n) is 9.75. The highest BCUT2D eigenvalue weighted by atomic mass is 16.3. The van der Waals surface area contributed by atoms with Crippen LogP contribution >= 0.6 is 0 Å². The largest absolute Gasteiger partial charge is 0.452 e. The Bertz CT molecular complexity index is 717. The van der Waals surface area contributed by atoms with Crippen LogP contribution in [0.15, 0.2) is 47.3 Å². The fraction of sp³-hybridized carbons (Fsp3) is 0.0714. The number of hydrogen-bond acceptors (Lipinski definition) is 4. The summed E-state index contributed by atoms with van der Waals surface area (Å²) in [4.78, 5) is 19.9. The molecule has 18 heavy (non-hydrogen) atoms. The Morgan fingerprint density at radius 3 is 2.89 bits per heavy atom. The molecule has 88 valence electrons. The molecule has 1 aromatic carbocycles. The monoisotopic (exact) mass is 238 g/mol. The van der Waals surface area contributed by atoms with Crippen molar-refractivity contribution in [2.45, 2.75) is 6.92 Å². The summed E-state index contributed by atoms with van der Waals surface area (Å²) in [5, 5.41) is 0.924. The highest BCUT2D eigenvalue weighted by Gasteiger charge is 2.16. The van der Waals surface area contributed by atoms with Crippen LogP contribution in [0.3, 0.4) is 0 Å². The van der Waals surface area contributed by atoms with Gasteiger partial charge in [0, 0.05) is 11.6 Å². The topological polar surface area (TPSA) is 56.0 Å². The molecule has 0 fully saturated rings. The van der Waals surface area contributed by atoms with Gasteiger partial charge in [-0.3, -0.25) is 4.79 Å². The van der Waals surface area contributed by atoms with Crippen molar-refractivity contribution < 1.29 is 9.21 Å². The van der Waals surface area contributed by atoms with E-state index in [9.17, 15) is 4.79 Å². The highest BCUT2D eigenvalue weighted by molar-refractivity contribution is 6.07. The molecule has 0 aliphatic carbocycles. The third kappa shape index (κ3) is 1.68. The van der Waals surface area contributed by atoms with Gasteiger partial charge in [0.05, 0.1) is 0 Å². The lowest BCUT2D eigenvalue weighted by Gasteiger charge is -1.95. The number of nitrogens with zero attached hydrogens (tertiary/aromatic N) is 2. The number of carbonyl (C=O) groups excluding carboxylic acids is 1. The minimum atomic E-state index is -0.229. The number of fused-ring (bicyclic) bond motifs is 1. The third-order valence-electron chi connectivity index (χ3n) is 2.78. The van der Waals surface area contributed by atoms with Crippen LogP contribution in [-0.2, 0) is 0 Å². The Labute approximate surface area is 103 Å². The standard InChI is InChI=1S/C14H10N2O2/c1-9-3-2-4-10-7-12(18-14(9)10)13(17)11-5-6-15-8-16-11/h2-8H,1H3. The van der Waals surface area contributed by atoms with Gasteiger partial charge >= 0.3 is 0 Å². The Morgan fingerprint density at radius 2 is 2.17 bits per heavy atom. The van der Waals surface area contributed by atoms with Crippen molar-refractivity contribution in [1.82, 2.24) is 9.97 Å². The van der Waals surface area contributed by atoms with Crippen molar-refractivity contribution in [3.63, 3.8) is 0 Å². The Kier molecular flexibility index (Phi) is 2.41. The normalized spacial score (nSPS) is 10.7. The van der Waals surface area contributed by atoms with E-state index < -0.39 is 0 Å². The molecule has 0 amide bonds. The highest BCUT2D eigenvalue weighted by Crippen LogP contribution is 2.23. The fourth-order valence-electron chi connectivity index (χ4n) is 1.87. The summed E-state index contributed by atoms with van der Waals surface area (Å²) in [6.45, 7) is 1.95. The van der Waals surface area contributed by atoms with Gasteiger partial charge in [-0.05, 0) is 24.6 Å². The zero-order chi connectivity index (χ0) is 12.5. The quantitative estimate of drug-likeness (QED) is 0.644. The second-order valence-electron chi connectivity index (χ2n) is 4.03. The first-order chi connectivity index (χ1) is 8.75. The average Bonchev–Trinajstić information content (AvgIpc) is 2.84. The molecule has 2 aromatic heterocycles. The van der Waals surface area contributed by atoms with Crippen LogP contribution in [0.2, 0.25) is 0 Å². The number of aromatic nitrogens is 2. The van der Waals surface area contributed by atoms with Gasteiger partial charge in [0.1, 0.15) is 17.6 Å². The maximum absolute atomic E-state index is 12.1. The molecule has 0 radical (unpaired) electrons. The van der Waals surface area contributed by atoms with Gasteiger partial charge in [0.15, 0.2) is 5.76 Å². The second kappa shape index (κ2) is 4.07. The number of aryl methyl sites for hydroxylation is 1. The van der Waals surface area contributed by atoms with E-state index in [1.165, 1.54) is 12.5 Å². The molecule has 4 heteroatoms. The van der Waals surface area contributed by atoms with Crippen LogP contribution in [0.5, 0.6) is 0 Å². The number of ketones is 1. The van der Waals surface area contributed by atoms with Gasteiger partial charge < -0.3 is 4.42 Å². The van der Waals surface area contributed by atoms with E-state index in [-0.39, 0.29) is 5.78 Å². The molecule has 0 aliphatic heterocycles. The average molecular weight is 238 g/mol. The van der Waals surface area contributed by atoms with E-state index >= 15 is 0 Å². The molecule has 0 spiro atoms. The molecule has 3 rings (SSSR count). The molecule has 4 nitrogen and oxygen atoms in total. The van der Waals surface area contributed by atoms with Gasteiger partial charge in [0.25, 0.3) is 0 Å². The van der Waals surface area contributed by atoms with Crippen molar-refractivity contribution in [3.8, 4) is 0 Å². The van der Waals surface area contributed by atoms with E-state index in [4.69, 9.17) is 4.42 Å². The summed E-state index contributed by atoms with van der Waals surface area (Å²) in [5.74, 6) is 0.0750. The minimum Gasteiger partial charge on any atom is -0.452 e. The predicted molar refractivity (Wildman–Crippen MR) is 66.4 cm³/mol. The lowest BCUT2D eigenvalue weighted by molar-refractivity contribution is 0.101. The first-order valence-corrected chi connectivity index (χ1v) is 5.55. The van der Waals surface area contributed by atoms with Gasteiger partial charge in [-0.25, -0.2) is 9.97 Å². The van der Waals surface area contributed by atoms with Crippen molar-refractivity contribution in [1.29, 1.82) is 0 Å². The van der Waals surface area contributed by atoms with Gasteiger partial charge in [-0.1, -0.05) is 18.2 Å². The van der Waals surface area contributed by atoms with Crippen LogP contribution in [-0.4, -0.2) is 15.8 Å². The first kappa shape index (κ1) is 10.7. The number of carbonyl (C=O) groups is 1. The van der Waals surface area contributed by atoms with Gasteiger partial charge in [-0.15, -0.1) is 0 Å². The maximum atomic E-state index is 12.1. The van der Waals surface area contributed by atoms with Crippen molar-refractivity contribution in [2.24, 2.45) is 0 Å². The smallest absolute Gasteiger partial charge is 0.246 e. The lowest BCUT2D eigenvalue weighted by Crippen LogP contribution is -2.02. The number of rotatable bonds is 2. The number of benzene rings is 1. The first-order valence-electron chi connectivity index (χ1n) is 5.55. The fourth-order valence-corrected chi connectivity index (χ4v) is 1.87. The summed E-state index contributed by atoms with van der Waals surface area (Å²) in [7, 11) is 0. The van der Waals surface area contributed by atoms with Crippen LogP contribution in [0.25, 0.3) is 11.0 Å². The molecule has 0 saturated heterocycles. The lowest BCUT2D eigenvalue weighted by atomic mass is 10.1. The Morgan fingerprint density at radius 1 is 1.28 bits per heavy atom. The molecular weight excluding hydrogens is 228 g/mol. The van der Waals surface area contributed by atoms with Crippen LogP contribution in [0, 0.1) is 6.92 Å². The molecule has 0 bridgehead atoms. The predicted octanol–water partition coefficient (Wildman–Crippen LogP) is 2.76. The van der Waals surface area contributed by atoms with Crippen molar-refractivity contribution in [2.75, 3.05) is 0 Å². The second-order valence-corrected chi connectivity index (χ2v) is 4.03. The summed E-state index contributed by atoms with van der Waals surface area (Å²) in [5.41, 5.74) is 2.09. The number of para-hydroxylation sites is 1. The maximum Gasteiger partial charge on any atom is 0.246 e. The molecule has 2 heterocycles. The molecule has 0 atom stereocenters. The SMILES string of the molecule is Cc1cccc2cc(C(=O)c3ccncn3)oc12. The summed E-state index contributed by atoms with van der Waals surface area (Å²) in [6, 6.07) is 9.12. The molecule has 0 N–H and O–H groups in total. The number of furan rings is 1. The molecule has 0 unspecified atom stereocenters. The van der Waals surface area contributed by atoms with E-state index in [0.717, 1.165) is 16.5 Å². The minimum absolute atomic E-state index is 0.229. The van der Waals surface area contributed by atoms with E-state index in [2.05, 4.69) is 9.97 Å². The summed E-state index contributed by atoms with van der Waals surface area (Å²) < 4.78 is 5.61. The van der Waals surface area contributed by atoms with Crippen molar-refractivity contribution >= 4 is 16.8 Å². The number of hydrogen-bond donors (Lipinski definition) is 0. The Balaban J connectivity index is 2.10. The summed E-state index contributed by atoms with van der Waals surface area (Å²) >= 11 is 0. The van der Waals surface area contributed by atoms with Gasteiger partial charge in [-0.2, -0.15) is 0 Å². The van der Waals surface area contributed by atoms with Crippen LogP contribution in [0.1, 0.15) is 21.8 Å². The van der Waals surface area contributed by atoms with E-state index in [1.807, 2.05) is 25.1 Å². The van der Waals surface area contributed by atoms with E-state index in [0.29, 0.717) is 11.5 Å². The molecular formula is C14H10N2O2. The third-order valence-corrected chi connectivity index (χ3v) is 2.78.